The molecule has 0 radical (unpaired) electrons. The van der Waals surface area contributed by atoms with Gasteiger partial charge in [0, 0.05) is 13.7 Å². The third-order valence-corrected chi connectivity index (χ3v) is 4.59. The van der Waals surface area contributed by atoms with Gasteiger partial charge in [-0.25, -0.2) is 0 Å². The molecule has 1 fully saturated rings. The van der Waals surface area contributed by atoms with Crippen molar-refractivity contribution in [3.05, 3.63) is 35.9 Å². The first-order valence-corrected chi connectivity index (χ1v) is 7.66. The van der Waals surface area contributed by atoms with Gasteiger partial charge in [-0.15, -0.1) is 0 Å². The highest BCUT2D eigenvalue weighted by Crippen LogP contribution is 2.34. The third kappa shape index (κ3) is 3.04. The molecule has 1 aromatic carbocycles. The summed E-state index contributed by atoms with van der Waals surface area (Å²) in [7, 11) is 1.84. The van der Waals surface area contributed by atoms with E-state index in [1.165, 1.54) is 12.8 Å². The van der Waals surface area contributed by atoms with Crippen molar-refractivity contribution in [1.82, 2.24) is 5.01 Å². The largest absolute Gasteiger partial charge is 0.376 e. The van der Waals surface area contributed by atoms with Gasteiger partial charge in [0.1, 0.15) is 0 Å². The average molecular weight is 274 g/mol. The van der Waals surface area contributed by atoms with Crippen molar-refractivity contribution in [2.45, 2.75) is 51.2 Å². The number of ether oxygens (including phenoxy) is 1. The molecule has 20 heavy (non-hydrogen) atoms. The molecule has 3 nitrogen and oxygen atoms in total. The molecule has 1 aliphatic heterocycles. The van der Waals surface area contributed by atoms with E-state index in [9.17, 15) is 0 Å². The van der Waals surface area contributed by atoms with Gasteiger partial charge in [0.05, 0.1) is 17.9 Å². The molecule has 2 rings (SSSR count). The van der Waals surface area contributed by atoms with Crippen molar-refractivity contribution in [2.24, 2.45) is 5.10 Å². The summed E-state index contributed by atoms with van der Waals surface area (Å²) in [5.41, 5.74) is 1.08. The van der Waals surface area contributed by atoms with Crippen molar-refractivity contribution in [1.29, 1.82) is 0 Å². The lowest BCUT2D eigenvalue weighted by atomic mass is 9.87. The first-order valence-electron chi connectivity index (χ1n) is 7.66. The minimum Gasteiger partial charge on any atom is -0.376 e. The van der Waals surface area contributed by atoms with Crippen LogP contribution in [0.3, 0.4) is 0 Å². The molecular formula is C17H26N2O. The highest BCUT2D eigenvalue weighted by Gasteiger charge is 2.41. The standard InChI is InChI=1S/C17H26N2O/c1-4-17(5-2,20-3)16-12-9-13-19(16)18-14-15-10-7-6-8-11-15/h6-8,10-11,14,16H,4-5,9,12-13H2,1-3H3/b18-14+/t16-/m0/s1. The van der Waals surface area contributed by atoms with Gasteiger partial charge in [-0.3, -0.25) is 5.01 Å². The SMILES string of the molecule is CCC(CC)(OC)[C@@H]1CCCN1/N=C/c1ccccc1. The Morgan fingerprint density at radius 1 is 1.30 bits per heavy atom. The van der Waals surface area contributed by atoms with E-state index in [1.54, 1.807) is 0 Å². The summed E-state index contributed by atoms with van der Waals surface area (Å²) in [6.07, 6.45) is 6.39. The van der Waals surface area contributed by atoms with Crippen molar-refractivity contribution >= 4 is 6.21 Å². The van der Waals surface area contributed by atoms with Crippen molar-refractivity contribution in [3.8, 4) is 0 Å². The van der Waals surface area contributed by atoms with Crippen LogP contribution >= 0.6 is 0 Å². The Balaban J connectivity index is 2.13. The van der Waals surface area contributed by atoms with Gasteiger partial charge in [0.25, 0.3) is 0 Å². The van der Waals surface area contributed by atoms with Crippen molar-refractivity contribution < 1.29 is 4.74 Å². The van der Waals surface area contributed by atoms with Crippen LogP contribution in [-0.2, 0) is 4.74 Å². The highest BCUT2D eigenvalue weighted by molar-refractivity contribution is 5.79. The zero-order valence-electron chi connectivity index (χ0n) is 12.9. The molecule has 0 unspecified atom stereocenters. The van der Waals surface area contributed by atoms with E-state index in [-0.39, 0.29) is 5.60 Å². The molecule has 0 saturated carbocycles. The summed E-state index contributed by atoms with van der Waals surface area (Å²) in [5, 5.41) is 6.94. The minimum absolute atomic E-state index is 0.0650. The normalized spacial score (nSPS) is 19.9. The van der Waals surface area contributed by atoms with Crippen LogP contribution in [0.1, 0.15) is 45.1 Å². The minimum atomic E-state index is -0.0650. The second-order valence-electron chi connectivity index (χ2n) is 5.45. The molecule has 0 amide bonds. The maximum Gasteiger partial charge on any atom is 0.0892 e. The molecular weight excluding hydrogens is 248 g/mol. The first kappa shape index (κ1) is 15.0. The quantitative estimate of drug-likeness (QED) is 0.739. The fourth-order valence-corrected chi connectivity index (χ4v) is 3.25. The number of methoxy groups -OCH3 is 1. The molecule has 0 N–H and O–H groups in total. The van der Waals surface area contributed by atoms with Gasteiger partial charge < -0.3 is 4.74 Å². The number of nitrogens with zero attached hydrogens (tertiary/aromatic N) is 2. The predicted molar refractivity (Wildman–Crippen MR) is 84.1 cm³/mol. The van der Waals surface area contributed by atoms with Gasteiger partial charge in [0.15, 0.2) is 0 Å². The van der Waals surface area contributed by atoms with Crippen molar-refractivity contribution in [2.75, 3.05) is 13.7 Å². The smallest absolute Gasteiger partial charge is 0.0892 e. The summed E-state index contributed by atoms with van der Waals surface area (Å²) >= 11 is 0. The number of hydrogen-bond donors (Lipinski definition) is 0. The van der Waals surface area contributed by atoms with E-state index >= 15 is 0 Å². The zero-order chi connectivity index (χ0) is 14.4. The fraction of sp³-hybridized carbons (Fsp3) is 0.588. The topological polar surface area (TPSA) is 24.8 Å². The average Bonchev–Trinajstić information content (AvgIpc) is 2.98. The van der Waals surface area contributed by atoms with Crippen LogP contribution in [0, 0.1) is 0 Å². The summed E-state index contributed by atoms with van der Waals surface area (Å²) < 4.78 is 5.89. The number of hydrazone groups is 1. The third-order valence-electron chi connectivity index (χ3n) is 4.59. The molecule has 1 aliphatic rings. The molecule has 0 spiro atoms. The molecule has 1 heterocycles. The van der Waals surface area contributed by atoms with Gasteiger partial charge in [-0.1, -0.05) is 44.2 Å². The molecule has 0 aliphatic carbocycles. The van der Waals surface area contributed by atoms with Crippen LogP contribution in [0.4, 0.5) is 0 Å². The number of hydrogen-bond acceptors (Lipinski definition) is 3. The molecule has 1 atom stereocenters. The lowest BCUT2D eigenvalue weighted by molar-refractivity contribution is -0.0730. The number of benzene rings is 1. The Labute approximate surface area is 122 Å². The molecule has 0 aromatic heterocycles. The van der Waals surface area contributed by atoms with E-state index < -0.39 is 0 Å². The highest BCUT2D eigenvalue weighted by atomic mass is 16.5. The van der Waals surface area contributed by atoms with Crippen LogP contribution in [0.15, 0.2) is 35.4 Å². The van der Waals surface area contributed by atoms with E-state index in [0.29, 0.717) is 6.04 Å². The lowest BCUT2D eigenvalue weighted by Gasteiger charge is -2.39. The first-order chi connectivity index (χ1) is 9.75. The lowest BCUT2D eigenvalue weighted by Crippen LogP contribution is -2.48. The van der Waals surface area contributed by atoms with Crippen LogP contribution in [0.2, 0.25) is 0 Å². The van der Waals surface area contributed by atoms with Crippen LogP contribution in [0.5, 0.6) is 0 Å². The van der Waals surface area contributed by atoms with Gasteiger partial charge >= 0.3 is 0 Å². The summed E-state index contributed by atoms with van der Waals surface area (Å²) in [6, 6.07) is 10.7. The maximum absolute atomic E-state index is 5.89. The molecule has 1 aromatic rings. The Bertz CT molecular complexity index is 418. The van der Waals surface area contributed by atoms with Gasteiger partial charge in [-0.2, -0.15) is 5.10 Å². The Hall–Kier alpha value is -1.35. The van der Waals surface area contributed by atoms with Crippen LogP contribution in [-0.4, -0.2) is 36.5 Å². The summed E-state index contributed by atoms with van der Waals surface area (Å²) in [4.78, 5) is 0. The van der Waals surface area contributed by atoms with Gasteiger partial charge in [0.2, 0.25) is 0 Å². The summed E-state index contributed by atoms with van der Waals surface area (Å²) in [6.45, 7) is 5.45. The Kier molecular flexibility index (Phi) is 5.18. The second kappa shape index (κ2) is 6.89. The molecule has 3 heteroatoms. The molecule has 110 valence electrons. The Morgan fingerprint density at radius 2 is 2.00 bits per heavy atom. The molecule has 1 saturated heterocycles. The van der Waals surface area contributed by atoms with E-state index in [4.69, 9.17) is 9.84 Å². The van der Waals surface area contributed by atoms with E-state index in [1.807, 2.05) is 31.5 Å². The van der Waals surface area contributed by atoms with Crippen LogP contribution < -0.4 is 0 Å². The predicted octanol–water partition coefficient (Wildman–Crippen LogP) is 3.69. The van der Waals surface area contributed by atoms with E-state index in [0.717, 1.165) is 24.9 Å². The molecule has 0 bridgehead atoms. The fourth-order valence-electron chi connectivity index (χ4n) is 3.25. The second-order valence-corrected chi connectivity index (χ2v) is 5.45. The van der Waals surface area contributed by atoms with E-state index in [2.05, 4.69) is 31.0 Å². The van der Waals surface area contributed by atoms with Gasteiger partial charge in [-0.05, 0) is 31.2 Å². The van der Waals surface area contributed by atoms with Crippen LogP contribution in [0.25, 0.3) is 0 Å². The number of rotatable bonds is 6. The van der Waals surface area contributed by atoms with Crippen molar-refractivity contribution in [3.63, 3.8) is 0 Å². The zero-order valence-corrected chi connectivity index (χ0v) is 12.9. The Morgan fingerprint density at radius 3 is 2.60 bits per heavy atom. The maximum atomic E-state index is 5.89. The summed E-state index contributed by atoms with van der Waals surface area (Å²) in [5.74, 6) is 0. The monoisotopic (exact) mass is 274 g/mol.